The molecule has 1 heterocycles. The second kappa shape index (κ2) is 5.59. The van der Waals surface area contributed by atoms with Crippen LogP contribution in [0.25, 0.3) is 0 Å². The minimum absolute atomic E-state index is 0.310. The van der Waals surface area contributed by atoms with Gasteiger partial charge in [0.05, 0.1) is 7.11 Å². The summed E-state index contributed by atoms with van der Waals surface area (Å²) in [6.45, 7) is 2.17. The Morgan fingerprint density at radius 3 is 2.68 bits per heavy atom. The molecule has 1 saturated carbocycles. The molecular formula is C15H20ClNO2. The van der Waals surface area contributed by atoms with Crippen LogP contribution in [-0.4, -0.2) is 26.3 Å². The van der Waals surface area contributed by atoms with Crippen LogP contribution in [0.3, 0.4) is 0 Å². The third-order valence-corrected chi connectivity index (χ3v) is 4.27. The van der Waals surface area contributed by atoms with E-state index in [0.717, 1.165) is 24.6 Å². The molecule has 0 bridgehead atoms. The van der Waals surface area contributed by atoms with Crippen LogP contribution in [0.15, 0.2) is 18.2 Å². The third-order valence-electron chi connectivity index (χ3n) is 4.04. The van der Waals surface area contributed by atoms with E-state index in [2.05, 4.69) is 5.32 Å². The lowest BCUT2D eigenvalue weighted by Gasteiger charge is -2.25. The fourth-order valence-electron chi connectivity index (χ4n) is 2.84. The van der Waals surface area contributed by atoms with Gasteiger partial charge in [-0.15, -0.1) is 0 Å². The van der Waals surface area contributed by atoms with Crippen LogP contribution in [0.1, 0.15) is 19.3 Å². The molecule has 0 aromatic heterocycles. The Labute approximate surface area is 119 Å². The van der Waals surface area contributed by atoms with Crippen molar-refractivity contribution in [3.8, 4) is 11.5 Å². The molecule has 0 radical (unpaired) electrons. The molecule has 1 aliphatic heterocycles. The molecule has 0 unspecified atom stereocenters. The van der Waals surface area contributed by atoms with Gasteiger partial charge in [-0.2, -0.15) is 0 Å². The van der Waals surface area contributed by atoms with Crippen molar-refractivity contribution in [2.45, 2.75) is 25.4 Å². The molecule has 2 fully saturated rings. The van der Waals surface area contributed by atoms with Crippen LogP contribution >= 0.6 is 11.6 Å². The van der Waals surface area contributed by atoms with E-state index < -0.39 is 0 Å². The zero-order valence-corrected chi connectivity index (χ0v) is 12.0. The van der Waals surface area contributed by atoms with Crippen molar-refractivity contribution in [1.29, 1.82) is 0 Å². The number of rotatable bonds is 5. The summed E-state index contributed by atoms with van der Waals surface area (Å²) < 4.78 is 11.6. The summed E-state index contributed by atoms with van der Waals surface area (Å²) in [7, 11) is 1.65. The molecule has 3 nitrogen and oxygen atoms in total. The van der Waals surface area contributed by atoms with Crippen LogP contribution in [0.5, 0.6) is 11.5 Å². The first-order chi connectivity index (χ1) is 9.28. The average Bonchev–Trinajstić information content (AvgIpc) is 3.11. The predicted molar refractivity (Wildman–Crippen MR) is 76.1 cm³/mol. The van der Waals surface area contributed by atoms with Gasteiger partial charge in [0.25, 0.3) is 0 Å². The quantitative estimate of drug-likeness (QED) is 0.900. The van der Waals surface area contributed by atoms with Gasteiger partial charge in [-0.1, -0.05) is 11.6 Å². The van der Waals surface area contributed by atoms with Gasteiger partial charge in [0.15, 0.2) is 11.5 Å². The van der Waals surface area contributed by atoms with Gasteiger partial charge in [-0.05, 0) is 43.9 Å². The monoisotopic (exact) mass is 281 g/mol. The highest BCUT2D eigenvalue weighted by Crippen LogP contribution is 2.41. The van der Waals surface area contributed by atoms with Gasteiger partial charge in [0, 0.05) is 23.6 Å². The average molecular weight is 282 g/mol. The van der Waals surface area contributed by atoms with Gasteiger partial charge in [0.2, 0.25) is 0 Å². The summed E-state index contributed by atoms with van der Waals surface area (Å²) in [6.07, 6.45) is 4.09. The van der Waals surface area contributed by atoms with Gasteiger partial charge in [-0.25, -0.2) is 0 Å². The second-order valence-corrected chi connectivity index (χ2v) is 5.90. The molecule has 1 aromatic carbocycles. The maximum Gasteiger partial charge on any atom is 0.162 e. The Hall–Kier alpha value is -0.930. The summed E-state index contributed by atoms with van der Waals surface area (Å²) in [5, 5.41) is 4.10. The number of halogens is 1. The summed E-state index contributed by atoms with van der Waals surface area (Å²) in [6, 6.07) is 5.59. The molecule has 1 aliphatic carbocycles. The number of methoxy groups -OCH3 is 1. The summed E-state index contributed by atoms with van der Waals surface area (Å²) in [5.41, 5.74) is 0. The van der Waals surface area contributed by atoms with E-state index in [4.69, 9.17) is 21.1 Å². The molecule has 1 N–H and O–H groups in total. The van der Waals surface area contributed by atoms with Gasteiger partial charge in [-0.3, -0.25) is 0 Å². The molecular weight excluding hydrogens is 262 g/mol. The number of hydrogen-bond acceptors (Lipinski definition) is 3. The second-order valence-electron chi connectivity index (χ2n) is 5.47. The lowest BCUT2D eigenvalue weighted by Crippen LogP contribution is -2.30. The highest BCUT2D eigenvalue weighted by molar-refractivity contribution is 6.30. The van der Waals surface area contributed by atoms with E-state index in [1.165, 1.54) is 19.3 Å². The first kappa shape index (κ1) is 13.1. The van der Waals surface area contributed by atoms with Crippen LogP contribution in [0.4, 0.5) is 0 Å². The Morgan fingerprint density at radius 2 is 2.05 bits per heavy atom. The lowest BCUT2D eigenvalue weighted by atomic mass is 9.97. The van der Waals surface area contributed by atoms with E-state index in [1.54, 1.807) is 7.11 Å². The smallest absolute Gasteiger partial charge is 0.162 e. The highest BCUT2D eigenvalue weighted by Gasteiger charge is 2.39. The van der Waals surface area contributed by atoms with E-state index in [0.29, 0.717) is 23.0 Å². The molecule has 2 atom stereocenters. The maximum absolute atomic E-state index is 6.28. The van der Waals surface area contributed by atoms with Crippen molar-refractivity contribution in [3.63, 3.8) is 0 Å². The summed E-state index contributed by atoms with van der Waals surface area (Å²) >= 11 is 5.99. The van der Waals surface area contributed by atoms with Gasteiger partial charge in [0.1, 0.15) is 6.10 Å². The molecule has 104 valence electrons. The fourth-order valence-corrected chi connectivity index (χ4v) is 3.01. The zero-order chi connectivity index (χ0) is 13.2. The van der Waals surface area contributed by atoms with Crippen LogP contribution in [0.2, 0.25) is 5.02 Å². The van der Waals surface area contributed by atoms with E-state index >= 15 is 0 Å². The van der Waals surface area contributed by atoms with Crippen LogP contribution in [0, 0.1) is 11.8 Å². The molecule has 0 spiro atoms. The number of benzene rings is 1. The Bertz CT molecular complexity index is 442. The molecule has 19 heavy (non-hydrogen) atoms. The molecule has 0 amide bonds. The highest BCUT2D eigenvalue weighted by atomic mass is 35.5. The number of hydrogen-bond donors (Lipinski definition) is 1. The number of ether oxygens (including phenoxy) is 2. The third kappa shape index (κ3) is 2.98. The SMILES string of the molecule is COc1cc(Cl)ccc1O[C@H](C1CC1)[C@H]1CCNC1. The predicted octanol–water partition coefficient (Wildman–Crippen LogP) is 3.12. The molecule has 1 aromatic rings. The van der Waals surface area contributed by atoms with E-state index in [9.17, 15) is 0 Å². The van der Waals surface area contributed by atoms with Crippen molar-refractivity contribution in [1.82, 2.24) is 5.32 Å². The molecule has 1 saturated heterocycles. The number of nitrogens with one attached hydrogen (secondary N) is 1. The van der Waals surface area contributed by atoms with Crippen LogP contribution in [-0.2, 0) is 0 Å². The zero-order valence-electron chi connectivity index (χ0n) is 11.2. The maximum atomic E-state index is 6.28. The summed E-state index contributed by atoms with van der Waals surface area (Å²) in [5.74, 6) is 2.87. The standard InChI is InChI=1S/C15H20ClNO2/c1-18-14-8-12(16)4-5-13(14)19-15(10-2-3-10)11-6-7-17-9-11/h4-5,8,10-11,15,17H,2-3,6-7,9H2,1H3/t11-,15+/m0/s1. The fraction of sp³-hybridized carbons (Fsp3) is 0.600. The lowest BCUT2D eigenvalue weighted by molar-refractivity contribution is 0.116. The first-order valence-corrected chi connectivity index (χ1v) is 7.36. The molecule has 3 rings (SSSR count). The molecule has 2 aliphatic rings. The van der Waals surface area contributed by atoms with Crippen molar-refractivity contribution >= 4 is 11.6 Å². The topological polar surface area (TPSA) is 30.5 Å². The minimum atomic E-state index is 0.310. The minimum Gasteiger partial charge on any atom is -0.493 e. The normalized spacial score (nSPS) is 24.2. The van der Waals surface area contributed by atoms with Crippen LogP contribution < -0.4 is 14.8 Å². The first-order valence-electron chi connectivity index (χ1n) is 6.99. The summed E-state index contributed by atoms with van der Waals surface area (Å²) in [4.78, 5) is 0. The van der Waals surface area contributed by atoms with Crippen molar-refractivity contribution in [2.24, 2.45) is 11.8 Å². The van der Waals surface area contributed by atoms with Crippen molar-refractivity contribution in [2.75, 3.05) is 20.2 Å². The van der Waals surface area contributed by atoms with E-state index in [1.807, 2.05) is 18.2 Å². The Balaban J connectivity index is 1.77. The van der Waals surface area contributed by atoms with Crippen molar-refractivity contribution < 1.29 is 9.47 Å². The Kier molecular flexibility index (Phi) is 3.85. The van der Waals surface area contributed by atoms with E-state index in [-0.39, 0.29) is 0 Å². The van der Waals surface area contributed by atoms with Gasteiger partial charge < -0.3 is 14.8 Å². The van der Waals surface area contributed by atoms with Gasteiger partial charge >= 0.3 is 0 Å². The Morgan fingerprint density at radius 1 is 1.21 bits per heavy atom. The largest absolute Gasteiger partial charge is 0.493 e. The van der Waals surface area contributed by atoms with Crippen molar-refractivity contribution in [3.05, 3.63) is 23.2 Å². The molecule has 4 heteroatoms.